The van der Waals surface area contributed by atoms with Crippen molar-refractivity contribution in [2.75, 3.05) is 27.3 Å². The molecule has 0 aliphatic carbocycles. The molecule has 0 saturated carbocycles. The Morgan fingerprint density at radius 1 is 1.18 bits per heavy atom. The van der Waals surface area contributed by atoms with Gasteiger partial charge in [-0.2, -0.15) is 0 Å². The zero-order chi connectivity index (χ0) is 20.5. The Bertz CT molecular complexity index is 1000. The number of hydrogen-bond donors (Lipinski definition) is 1. The van der Waals surface area contributed by atoms with Gasteiger partial charge in [-0.05, 0) is 37.6 Å². The maximum atomic E-state index is 13.4. The molecule has 1 atom stereocenters. The van der Waals surface area contributed by atoms with Crippen LogP contribution in [-0.4, -0.2) is 39.1 Å². The van der Waals surface area contributed by atoms with Crippen LogP contribution in [0.3, 0.4) is 0 Å². The highest BCUT2D eigenvalue weighted by atomic mass is 32.2. The van der Waals surface area contributed by atoms with Gasteiger partial charge in [-0.15, -0.1) is 0 Å². The van der Waals surface area contributed by atoms with E-state index in [1.165, 1.54) is 4.90 Å². The van der Waals surface area contributed by atoms with E-state index in [1.807, 2.05) is 6.92 Å². The molecule has 7 nitrogen and oxygen atoms in total. The Morgan fingerprint density at radius 2 is 1.82 bits per heavy atom. The molecule has 0 spiro atoms. The Hall–Kier alpha value is -2.87. The highest BCUT2D eigenvalue weighted by Crippen LogP contribution is 2.31. The summed E-state index contributed by atoms with van der Waals surface area (Å²) in [5, 5.41) is 2.73. The lowest BCUT2D eigenvalue weighted by Crippen LogP contribution is -2.53. The first kappa shape index (κ1) is 19.9. The molecule has 1 heterocycles. The number of nitrogens with zero attached hydrogens (tertiary/aromatic N) is 2. The number of hydrogen-bond acceptors (Lipinski definition) is 4. The van der Waals surface area contributed by atoms with E-state index in [0.29, 0.717) is 17.1 Å². The van der Waals surface area contributed by atoms with Gasteiger partial charge in [0.05, 0.1) is 23.3 Å². The molecule has 3 rings (SSSR count). The number of aryl methyl sites for hydroxylation is 1. The maximum Gasteiger partial charge on any atom is 0.251 e. The third kappa shape index (κ3) is 3.87. The van der Waals surface area contributed by atoms with E-state index in [9.17, 15) is 18.0 Å². The van der Waals surface area contributed by atoms with Gasteiger partial charge in [0.1, 0.15) is 12.6 Å². The van der Waals surface area contributed by atoms with Gasteiger partial charge in [0, 0.05) is 0 Å². The van der Waals surface area contributed by atoms with Crippen molar-refractivity contribution in [1.82, 2.24) is 0 Å². The van der Waals surface area contributed by atoms with Gasteiger partial charge in [-0.1, -0.05) is 36.8 Å². The summed E-state index contributed by atoms with van der Waals surface area (Å²) in [6.45, 7) is 3.50. The van der Waals surface area contributed by atoms with Crippen LogP contribution in [0.1, 0.15) is 18.9 Å². The summed E-state index contributed by atoms with van der Waals surface area (Å²) in [6.07, 6.45) is 1.35. The second-order valence-electron chi connectivity index (χ2n) is 6.81. The quantitative estimate of drug-likeness (QED) is 0.834. The van der Waals surface area contributed by atoms with Crippen LogP contribution in [0.25, 0.3) is 0 Å². The van der Waals surface area contributed by atoms with Crippen LogP contribution in [0, 0.1) is 6.92 Å². The SMILES string of the molecule is CC[C@H](C(=O)N1CC(=O)Nc2ccccc21)N(c1ccc(C)cc1)S(C)(=O)=O. The van der Waals surface area contributed by atoms with Crippen LogP contribution in [-0.2, 0) is 19.6 Å². The van der Waals surface area contributed by atoms with Crippen molar-refractivity contribution in [3.8, 4) is 0 Å². The summed E-state index contributed by atoms with van der Waals surface area (Å²) >= 11 is 0. The fraction of sp³-hybridized carbons (Fsp3) is 0.300. The number of sulfonamides is 1. The van der Waals surface area contributed by atoms with Gasteiger partial charge in [0.15, 0.2) is 0 Å². The smallest absolute Gasteiger partial charge is 0.251 e. The summed E-state index contributed by atoms with van der Waals surface area (Å²) in [4.78, 5) is 26.9. The lowest BCUT2D eigenvalue weighted by atomic mass is 10.1. The summed E-state index contributed by atoms with van der Waals surface area (Å²) in [5.74, 6) is -0.751. The van der Waals surface area contributed by atoms with Crippen molar-refractivity contribution in [1.29, 1.82) is 0 Å². The summed E-state index contributed by atoms with van der Waals surface area (Å²) in [6, 6.07) is 13.0. The Labute approximate surface area is 165 Å². The van der Waals surface area contributed by atoms with E-state index in [0.717, 1.165) is 16.1 Å². The molecule has 0 unspecified atom stereocenters. The van der Waals surface area contributed by atoms with Crippen LogP contribution in [0.2, 0.25) is 0 Å². The van der Waals surface area contributed by atoms with Gasteiger partial charge < -0.3 is 5.32 Å². The monoisotopic (exact) mass is 401 g/mol. The number of amides is 2. The molecule has 2 aromatic carbocycles. The zero-order valence-corrected chi connectivity index (χ0v) is 16.9. The minimum Gasteiger partial charge on any atom is -0.323 e. The Morgan fingerprint density at radius 3 is 2.43 bits per heavy atom. The molecule has 1 aliphatic heterocycles. The maximum absolute atomic E-state index is 13.4. The Balaban J connectivity index is 2.04. The molecule has 1 aliphatic rings. The first-order valence-corrected chi connectivity index (χ1v) is 10.8. The van der Waals surface area contributed by atoms with E-state index < -0.39 is 22.0 Å². The molecule has 0 bridgehead atoms. The van der Waals surface area contributed by atoms with Crippen LogP contribution in [0.4, 0.5) is 17.1 Å². The fourth-order valence-electron chi connectivity index (χ4n) is 3.34. The number of carbonyl (C=O) groups excluding carboxylic acids is 2. The number of fused-ring (bicyclic) bond motifs is 1. The molecule has 0 aromatic heterocycles. The number of para-hydroxylation sites is 2. The average Bonchev–Trinajstić information content (AvgIpc) is 2.65. The predicted molar refractivity (Wildman–Crippen MR) is 110 cm³/mol. The van der Waals surface area contributed by atoms with E-state index in [1.54, 1.807) is 55.5 Å². The molecule has 1 N–H and O–H groups in total. The van der Waals surface area contributed by atoms with Crippen molar-refractivity contribution in [2.45, 2.75) is 26.3 Å². The summed E-state index contributed by atoms with van der Waals surface area (Å²) in [5.41, 5.74) is 2.49. The highest BCUT2D eigenvalue weighted by molar-refractivity contribution is 7.92. The van der Waals surface area contributed by atoms with E-state index in [2.05, 4.69) is 5.32 Å². The van der Waals surface area contributed by atoms with Crippen LogP contribution in [0.5, 0.6) is 0 Å². The van der Waals surface area contributed by atoms with E-state index in [-0.39, 0.29) is 18.9 Å². The number of carbonyl (C=O) groups is 2. The zero-order valence-electron chi connectivity index (χ0n) is 16.0. The predicted octanol–water partition coefficient (Wildman–Crippen LogP) is 2.52. The molecule has 28 heavy (non-hydrogen) atoms. The van der Waals surface area contributed by atoms with Crippen molar-refractivity contribution in [3.63, 3.8) is 0 Å². The lowest BCUT2D eigenvalue weighted by molar-refractivity contribution is -0.122. The normalized spacial score (nSPS) is 14.8. The number of nitrogens with one attached hydrogen (secondary N) is 1. The molecular formula is C20H23N3O4S. The van der Waals surface area contributed by atoms with Crippen molar-refractivity contribution < 1.29 is 18.0 Å². The van der Waals surface area contributed by atoms with Crippen LogP contribution in [0.15, 0.2) is 48.5 Å². The van der Waals surface area contributed by atoms with Crippen LogP contribution < -0.4 is 14.5 Å². The average molecular weight is 401 g/mol. The fourth-order valence-corrected chi connectivity index (χ4v) is 4.55. The number of anilines is 3. The Kier molecular flexibility index (Phi) is 5.42. The summed E-state index contributed by atoms with van der Waals surface area (Å²) in [7, 11) is -3.73. The van der Waals surface area contributed by atoms with E-state index in [4.69, 9.17) is 0 Å². The van der Waals surface area contributed by atoms with Gasteiger partial charge in [0.25, 0.3) is 5.91 Å². The van der Waals surface area contributed by atoms with Gasteiger partial charge in [-0.3, -0.25) is 18.8 Å². The van der Waals surface area contributed by atoms with Gasteiger partial charge in [0.2, 0.25) is 15.9 Å². The third-order valence-corrected chi connectivity index (χ3v) is 5.82. The highest BCUT2D eigenvalue weighted by Gasteiger charge is 2.37. The molecule has 2 aromatic rings. The van der Waals surface area contributed by atoms with Crippen molar-refractivity contribution >= 4 is 38.9 Å². The largest absolute Gasteiger partial charge is 0.323 e. The molecule has 2 amide bonds. The second-order valence-corrected chi connectivity index (χ2v) is 8.67. The minimum atomic E-state index is -3.73. The first-order valence-electron chi connectivity index (χ1n) is 8.98. The molecule has 0 saturated heterocycles. The number of rotatable bonds is 5. The van der Waals surface area contributed by atoms with Crippen LogP contribution >= 0.6 is 0 Å². The van der Waals surface area contributed by atoms with E-state index >= 15 is 0 Å². The molecular weight excluding hydrogens is 378 g/mol. The second kappa shape index (κ2) is 7.63. The summed E-state index contributed by atoms with van der Waals surface area (Å²) < 4.78 is 26.3. The van der Waals surface area contributed by atoms with Gasteiger partial charge in [-0.25, -0.2) is 8.42 Å². The van der Waals surface area contributed by atoms with Crippen molar-refractivity contribution in [3.05, 3.63) is 54.1 Å². The minimum absolute atomic E-state index is 0.155. The van der Waals surface area contributed by atoms with Crippen molar-refractivity contribution in [2.24, 2.45) is 0 Å². The molecule has 0 fully saturated rings. The standard InChI is InChI=1S/C20H23N3O4S/c1-4-17(23(28(3,26)27)15-11-9-14(2)10-12-15)20(25)22-13-19(24)21-16-7-5-6-8-18(16)22/h5-12,17H,4,13H2,1-3H3,(H,21,24)/t17-/m1/s1. The molecule has 148 valence electrons. The number of benzene rings is 2. The lowest BCUT2D eigenvalue weighted by Gasteiger charge is -2.36. The molecule has 8 heteroatoms. The first-order chi connectivity index (χ1) is 13.2. The van der Waals surface area contributed by atoms with Gasteiger partial charge >= 0.3 is 0 Å². The third-order valence-electron chi connectivity index (χ3n) is 4.64. The topological polar surface area (TPSA) is 86.8 Å². The molecule has 0 radical (unpaired) electrons.